The molecule has 1 saturated heterocycles. The Labute approximate surface area is 101 Å². The fourth-order valence-corrected chi connectivity index (χ4v) is 2.31. The van der Waals surface area contributed by atoms with Crippen LogP contribution >= 0.6 is 0 Å². The first-order valence-corrected chi connectivity index (χ1v) is 5.99. The second kappa shape index (κ2) is 5.18. The molecule has 0 bridgehead atoms. The van der Waals surface area contributed by atoms with Gasteiger partial charge in [0.15, 0.2) is 0 Å². The maximum atomic E-state index is 11.3. The van der Waals surface area contributed by atoms with Crippen molar-refractivity contribution in [2.24, 2.45) is 5.73 Å². The number of hydrogen-bond donors (Lipinski definition) is 2. The molecule has 1 aromatic rings. The number of nitrogens with zero attached hydrogens (tertiary/aromatic N) is 3. The number of nitrogen functional groups attached to an aromatic ring is 1. The van der Waals surface area contributed by atoms with Gasteiger partial charge in [-0.3, -0.25) is 14.4 Å². The van der Waals surface area contributed by atoms with Gasteiger partial charge in [-0.2, -0.15) is 5.10 Å². The highest BCUT2D eigenvalue weighted by molar-refractivity contribution is 5.79. The molecular formula is C11H19N5O. The van der Waals surface area contributed by atoms with Crippen molar-refractivity contribution in [2.45, 2.75) is 31.8 Å². The third kappa shape index (κ3) is 2.97. The summed E-state index contributed by atoms with van der Waals surface area (Å²) in [6.07, 6.45) is 4.93. The van der Waals surface area contributed by atoms with Gasteiger partial charge in [0.1, 0.15) is 5.82 Å². The molecule has 1 atom stereocenters. The quantitative estimate of drug-likeness (QED) is 0.759. The van der Waals surface area contributed by atoms with Crippen molar-refractivity contribution in [3.05, 3.63) is 12.3 Å². The van der Waals surface area contributed by atoms with Crippen LogP contribution in [0.5, 0.6) is 0 Å². The van der Waals surface area contributed by atoms with Gasteiger partial charge in [0, 0.05) is 12.7 Å². The van der Waals surface area contributed by atoms with Crippen LogP contribution in [0.15, 0.2) is 12.3 Å². The summed E-state index contributed by atoms with van der Waals surface area (Å²) in [5, 5.41) is 4.12. The Bertz CT molecular complexity index is 389. The molecule has 1 fully saturated rings. The van der Waals surface area contributed by atoms with E-state index in [0.717, 1.165) is 38.9 Å². The number of carbonyl (C=O) groups excluding carboxylic acids is 1. The van der Waals surface area contributed by atoms with Crippen LogP contribution in [0.3, 0.4) is 0 Å². The Kier molecular flexibility index (Phi) is 3.63. The Morgan fingerprint density at radius 1 is 1.47 bits per heavy atom. The number of anilines is 1. The van der Waals surface area contributed by atoms with Gasteiger partial charge in [-0.05, 0) is 25.5 Å². The predicted molar refractivity (Wildman–Crippen MR) is 65.0 cm³/mol. The van der Waals surface area contributed by atoms with Crippen molar-refractivity contribution < 1.29 is 4.79 Å². The van der Waals surface area contributed by atoms with E-state index in [0.29, 0.717) is 5.82 Å². The van der Waals surface area contributed by atoms with Crippen LogP contribution in [-0.4, -0.2) is 39.7 Å². The van der Waals surface area contributed by atoms with E-state index in [4.69, 9.17) is 11.5 Å². The first kappa shape index (κ1) is 11.9. The van der Waals surface area contributed by atoms with Crippen LogP contribution in [-0.2, 0) is 11.3 Å². The van der Waals surface area contributed by atoms with Gasteiger partial charge in [-0.25, -0.2) is 0 Å². The number of piperidine rings is 1. The monoisotopic (exact) mass is 237 g/mol. The SMILES string of the molecule is NC(=O)C1CCCCN1CCn1ccc(N)n1. The topological polar surface area (TPSA) is 90.2 Å². The molecule has 94 valence electrons. The molecule has 0 saturated carbocycles. The molecule has 6 heteroatoms. The van der Waals surface area contributed by atoms with E-state index in [2.05, 4.69) is 10.00 Å². The largest absolute Gasteiger partial charge is 0.382 e. The van der Waals surface area contributed by atoms with Crippen molar-refractivity contribution in [1.82, 2.24) is 14.7 Å². The van der Waals surface area contributed by atoms with E-state index in [-0.39, 0.29) is 11.9 Å². The Morgan fingerprint density at radius 2 is 2.29 bits per heavy atom. The fraction of sp³-hybridized carbons (Fsp3) is 0.636. The van der Waals surface area contributed by atoms with Gasteiger partial charge < -0.3 is 11.5 Å². The zero-order valence-electron chi connectivity index (χ0n) is 9.88. The van der Waals surface area contributed by atoms with E-state index < -0.39 is 0 Å². The molecule has 17 heavy (non-hydrogen) atoms. The number of nitrogens with two attached hydrogens (primary N) is 2. The molecule has 1 amide bonds. The standard InChI is InChI=1S/C11H19N5O/c12-10-4-6-16(14-10)8-7-15-5-2-1-3-9(15)11(13)17/h4,6,9H,1-3,5,7-8H2,(H2,12,14)(H2,13,17). The molecule has 2 rings (SSSR count). The number of aromatic nitrogens is 2. The lowest BCUT2D eigenvalue weighted by molar-refractivity contribution is -0.124. The summed E-state index contributed by atoms with van der Waals surface area (Å²) < 4.78 is 1.79. The number of hydrogen-bond acceptors (Lipinski definition) is 4. The highest BCUT2D eigenvalue weighted by Gasteiger charge is 2.26. The molecule has 0 radical (unpaired) electrons. The molecular weight excluding hydrogens is 218 g/mol. The van der Waals surface area contributed by atoms with Crippen LogP contribution in [0.4, 0.5) is 5.82 Å². The zero-order valence-corrected chi connectivity index (χ0v) is 9.88. The fourth-order valence-electron chi connectivity index (χ4n) is 2.31. The lowest BCUT2D eigenvalue weighted by Gasteiger charge is -2.33. The third-order valence-electron chi connectivity index (χ3n) is 3.22. The average molecular weight is 237 g/mol. The van der Waals surface area contributed by atoms with Gasteiger partial charge in [0.25, 0.3) is 0 Å². The molecule has 6 nitrogen and oxygen atoms in total. The van der Waals surface area contributed by atoms with Crippen molar-refractivity contribution in [1.29, 1.82) is 0 Å². The van der Waals surface area contributed by atoms with Crippen LogP contribution in [0, 0.1) is 0 Å². The van der Waals surface area contributed by atoms with Gasteiger partial charge in [0.05, 0.1) is 12.6 Å². The second-order valence-corrected chi connectivity index (χ2v) is 4.45. The van der Waals surface area contributed by atoms with Crippen LogP contribution in [0.25, 0.3) is 0 Å². The Hall–Kier alpha value is -1.56. The van der Waals surface area contributed by atoms with E-state index >= 15 is 0 Å². The summed E-state index contributed by atoms with van der Waals surface area (Å²) >= 11 is 0. The molecule has 4 N–H and O–H groups in total. The minimum Gasteiger partial charge on any atom is -0.382 e. The van der Waals surface area contributed by atoms with Crippen LogP contribution < -0.4 is 11.5 Å². The molecule has 0 aromatic carbocycles. The van der Waals surface area contributed by atoms with Gasteiger partial charge in [-0.1, -0.05) is 6.42 Å². The summed E-state index contributed by atoms with van der Waals surface area (Å²) in [5.74, 6) is 0.305. The number of likely N-dealkylation sites (tertiary alicyclic amines) is 1. The summed E-state index contributed by atoms with van der Waals surface area (Å²) in [7, 11) is 0. The maximum Gasteiger partial charge on any atom is 0.234 e. The van der Waals surface area contributed by atoms with Gasteiger partial charge in [-0.15, -0.1) is 0 Å². The normalized spacial score (nSPS) is 21.5. The first-order valence-electron chi connectivity index (χ1n) is 5.99. The lowest BCUT2D eigenvalue weighted by Crippen LogP contribution is -2.48. The zero-order chi connectivity index (χ0) is 12.3. The number of amides is 1. The van der Waals surface area contributed by atoms with Crippen LogP contribution in [0.2, 0.25) is 0 Å². The molecule has 1 unspecified atom stereocenters. The van der Waals surface area contributed by atoms with Gasteiger partial charge >= 0.3 is 0 Å². The Balaban J connectivity index is 1.90. The van der Waals surface area contributed by atoms with Crippen molar-refractivity contribution >= 4 is 11.7 Å². The Morgan fingerprint density at radius 3 is 2.94 bits per heavy atom. The summed E-state index contributed by atoms with van der Waals surface area (Å²) in [5.41, 5.74) is 11.0. The van der Waals surface area contributed by atoms with E-state index in [1.807, 2.05) is 6.20 Å². The minimum absolute atomic E-state index is 0.114. The third-order valence-corrected chi connectivity index (χ3v) is 3.22. The minimum atomic E-state index is -0.218. The lowest BCUT2D eigenvalue weighted by atomic mass is 10.0. The maximum absolute atomic E-state index is 11.3. The first-order chi connectivity index (χ1) is 8.16. The second-order valence-electron chi connectivity index (χ2n) is 4.45. The highest BCUT2D eigenvalue weighted by Crippen LogP contribution is 2.16. The molecule has 1 aliphatic rings. The van der Waals surface area contributed by atoms with Crippen LogP contribution in [0.1, 0.15) is 19.3 Å². The smallest absolute Gasteiger partial charge is 0.234 e. The highest BCUT2D eigenvalue weighted by atomic mass is 16.1. The van der Waals surface area contributed by atoms with E-state index in [1.54, 1.807) is 10.7 Å². The summed E-state index contributed by atoms with van der Waals surface area (Å²) in [4.78, 5) is 13.5. The average Bonchev–Trinajstić information content (AvgIpc) is 2.73. The number of rotatable bonds is 4. The number of carbonyl (C=O) groups is 1. The molecule has 2 heterocycles. The van der Waals surface area contributed by atoms with Crippen molar-refractivity contribution in [2.75, 3.05) is 18.8 Å². The summed E-state index contributed by atoms with van der Waals surface area (Å²) in [6.45, 7) is 2.46. The van der Waals surface area contributed by atoms with Crippen molar-refractivity contribution in [3.63, 3.8) is 0 Å². The van der Waals surface area contributed by atoms with E-state index in [9.17, 15) is 4.79 Å². The molecule has 0 spiro atoms. The number of primary amides is 1. The van der Waals surface area contributed by atoms with Crippen molar-refractivity contribution in [3.8, 4) is 0 Å². The summed E-state index contributed by atoms with van der Waals surface area (Å²) in [6, 6.07) is 1.65. The molecule has 1 aliphatic heterocycles. The molecule has 0 aliphatic carbocycles. The molecule has 1 aromatic heterocycles. The predicted octanol–water partition coefficient (Wildman–Crippen LogP) is -0.195. The van der Waals surface area contributed by atoms with E-state index in [1.165, 1.54) is 0 Å². The van der Waals surface area contributed by atoms with Gasteiger partial charge in [0.2, 0.25) is 5.91 Å².